The maximum absolute atomic E-state index is 12.9. The highest BCUT2D eigenvalue weighted by atomic mass is 19.1. The molecule has 0 unspecified atom stereocenters. The van der Waals surface area contributed by atoms with Crippen LogP contribution in [0.5, 0.6) is 5.75 Å². The van der Waals surface area contributed by atoms with Crippen LogP contribution in [0.4, 0.5) is 4.39 Å². The molecule has 0 aliphatic heterocycles. The molecule has 1 aromatic heterocycles. The fourth-order valence-corrected chi connectivity index (χ4v) is 2.43. The number of hydrogen-bond donors (Lipinski definition) is 1. The smallest absolute Gasteiger partial charge is 0.138 e. The number of aliphatic hydroxyl groups excluding tert-OH is 1. The molecule has 22 heavy (non-hydrogen) atoms. The zero-order valence-electron chi connectivity index (χ0n) is 12.2. The van der Waals surface area contributed by atoms with E-state index in [0.717, 1.165) is 11.0 Å². The van der Waals surface area contributed by atoms with E-state index in [4.69, 9.17) is 4.74 Å². The minimum Gasteiger partial charge on any atom is -0.492 e. The summed E-state index contributed by atoms with van der Waals surface area (Å²) in [7, 11) is 0. The minimum atomic E-state index is -0.654. The van der Waals surface area contributed by atoms with Crippen LogP contribution in [-0.2, 0) is 6.54 Å². The zero-order chi connectivity index (χ0) is 15.5. The van der Waals surface area contributed by atoms with Gasteiger partial charge in [-0.05, 0) is 43.3 Å². The summed E-state index contributed by atoms with van der Waals surface area (Å²) in [4.78, 5) is 4.46. The third-order valence-electron chi connectivity index (χ3n) is 3.46. The molecule has 0 saturated carbocycles. The molecule has 3 aromatic rings. The predicted molar refractivity (Wildman–Crippen MR) is 82.3 cm³/mol. The first-order chi connectivity index (χ1) is 10.6. The number of halogens is 1. The van der Waals surface area contributed by atoms with E-state index in [9.17, 15) is 9.50 Å². The molecule has 4 nitrogen and oxygen atoms in total. The normalized spacial score (nSPS) is 12.5. The van der Waals surface area contributed by atoms with Crippen molar-refractivity contribution in [2.45, 2.75) is 19.6 Å². The lowest BCUT2D eigenvalue weighted by molar-refractivity contribution is 0.181. The van der Waals surface area contributed by atoms with Crippen LogP contribution in [0.2, 0.25) is 0 Å². The summed E-state index contributed by atoms with van der Waals surface area (Å²) in [5, 5.41) is 9.89. The Hall–Kier alpha value is -2.40. The number of hydrogen-bond acceptors (Lipinski definition) is 3. The second-order valence-corrected chi connectivity index (χ2v) is 5.09. The van der Waals surface area contributed by atoms with E-state index in [1.165, 1.54) is 12.1 Å². The van der Waals surface area contributed by atoms with Gasteiger partial charge in [-0.25, -0.2) is 9.37 Å². The van der Waals surface area contributed by atoms with Crippen molar-refractivity contribution in [3.63, 3.8) is 0 Å². The Balaban J connectivity index is 1.78. The van der Waals surface area contributed by atoms with Gasteiger partial charge in [-0.3, -0.25) is 0 Å². The summed E-state index contributed by atoms with van der Waals surface area (Å²) >= 11 is 0. The number of ether oxygens (including phenoxy) is 1. The van der Waals surface area contributed by atoms with Crippen molar-refractivity contribution in [3.05, 3.63) is 60.2 Å². The first-order valence-corrected chi connectivity index (χ1v) is 7.17. The largest absolute Gasteiger partial charge is 0.492 e. The molecule has 114 valence electrons. The van der Waals surface area contributed by atoms with Crippen molar-refractivity contribution in [2.75, 3.05) is 6.61 Å². The highest BCUT2D eigenvalue weighted by Crippen LogP contribution is 2.20. The molecule has 0 fully saturated rings. The van der Waals surface area contributed by atoms with Gasteiger partial charge in [0, 0.05) is 0 Å². The molecule has 0 amide bonds. The maximum Gasteiger partial charge on any atom is 0.138 e. The third kappa shape index (κ3) is 2.94. The van der Waals surface area contributed by atoms with E-state index in [0.29, 0.717) is 24.7 Å². The fraction of sp³-hybridized carbons (Fsp3) is 0.235. The van der Waals surface area contributed by atoms with Crippen molar-refractivity contribution >= 4 is 11.0 Å². The van der Waals surface area contributed by atoms with E-state index < -0.39 is 6.10 Å². The van der Waals surface area contributed by atoms with E-state index in [1.54, 1.807) is 19.1 Å². The SMILES string of the molecule is C[C@@H](O)c1nc2ccccc2n1CCOc1ccc(F)cc1. The number of para-hydroxylation sites is 2. The van der Waals surface area contributed by atoms with Crippen LogP contribution in [0.25, 0.3) is 11.0 Å². The lowest BCUT2D eigenvalue weighted by Gasteiger charge is -2.12. The molecule has 0 bridgehead atoms. The molecule has 2 aromatic carbocycles. The molecule has 1 N–H and O–H groups in total. The fourth-order valence-electron chi connectivity index (χ4n) is 2.43. The number of fused-ring (bicyclic) bond motifs is 1. The number of imidazole rings is 1. The van der Waals surface area contributed by atoms with Crippen LogP contribution in [0, 0.1) is 5.82 Å². The zero-order valence-corrected chi connectivity index (χ0v) is 12.2. The minimum absolute atomic E-state index is 0.288. The highest BCUT2D eigenvalue weighted by molar-refractivity contribution is 5.76. The van der Waals surface area contributed by atoms with Gasteiger partial charge >= 0.3 is 0 Å². The van der Waals surface area contributed by atoms with Gasteiger partial charge in [-0.1, -0.05) is 12.1 Å². The second-order valence-electron chi connectivity index (χ2n) is 5.09. The Morgan fingerprint density at radius 2 is 1.91 bits per heavy atom. The summed E-state index contributed by atoms with van der Waals surface area (Å²) in [5.74, 6) is 0.942. The average molecular weight is 300 g/mol. The summed E-state index contributed by atoms with van der Waals surface area (Å²) in [6.07, 6.45) is -0.654. The van der Waals surface area contributed by atoms with Crippen molar-refractivity contribution in [3.8, 4) is 5.75 Å². The Morgan fingerprint density at radius 1 is 1.18 bits per heavy atom. The van der Waals surface area contributed by atoms with E-state index in [1.807, 2.05) is 28.8 Å². The van der Waals surface area contributed by atoms with Crippen LogP contribution in [0.1, 0.15) is 18.9 Å². The average Bonchev–Trinajstić information content (AvgIpc) is 2.89. The predicted octanol–water partition coefficient (Wildman–Crippen LogP) is 3.31. The highest BCUT2D eigenvalue weighted by Gasteiger charge is 2.14. The molecular weight excluding hydrogens is 283 g/mol. The number of aliphatic hydroxyl groups is 1. The molecule has 0 spiro atoms. The molecular formula is C17H17FN2O2. The molecule has 0 aliphatic rings. The van der Waals surface area contributed by atoms with Crippen molar-refractivity contribution in [1.82, 2.24) is 9.55 Å². The van der Waals surface area contributed by atoms with Gasteiger partial charge in [0.15, 0.2) is 0 Å². The quantitative estimate of drug-likeness (QED) is 0.786. The Kier molecular flexibility index (Phi) is 4.06. The molecule has 5 heteroatoms. The first kappa shape index (κ1) is 14.5. The summed E-state index contributed by atoms with van der Waals surface area (Å²) in [6.45, 7) is 2.66. The van der Waals surface area contributed by atoms with Crippen LogP contribution >= 0.6 is 0 Å². The molecule has 3 rings (SSSR count). The second kappa shape index (κ2) is 6.15. The van der Waals surface area contributed by atoms with Gasteiger partial charge in [0.25, 0.3) is 0 Å². The summed E-state index contributed by atoms with van der Waals surface area (Å²) in [6, 6.07) is 13.7. The van der Waals surface area contributed by atoms with Crippen LogP contribution in [0.15, 0.2) is 48.5 Å². The van der Waals surface area contributed by atoms with Gasteiger partial charge in [-0.2, -0.15) is 0 Å². The number of benzene rings is 2. The lowest BCUT2D eigenvalue weighted by atomic mass is 10.3. The van der Waals surface area contributed by atoms with E-state index in [-0.39, 0.29) is 5.82 Å². The van der Waals surface area contributed by atoms with Crippen molar-refractivity contribution < 1.29 is 14.2 Å². The monoisotopic (exact) mass is 300 g/mol. The number of rotatable bonds is 5. The van der Waals surface area contributed by atoms with E-state index >= 15 is 0 Å². The molecule has 0 aliphatic carbocycles. The molecule has 0 radical (unpaired) electrons. The van der Waals surface area contributed by atoms with E-state index in [2.05, 4.69) is 4.98 Å². The third-order valence-corrected chi connectivity index (χ3v) is 3.46. The van der Waals surface area contributed by atoms with Gasteiger partial charge in [0.1, 0.15) is 30.1 Å². The summed E-state index contributed by atoms with van der Waals surface area (Å²) < 4.78 is 20.4. The Bertz CT molecular complexity index is 766. The van der Waals surface area contributed by atoms with Gasteiger partial charge in [0.2, 0.25) is 0 Å². The molecule has 1 atom stereocenters. The lowest BCUT2D eigenvalue weighted by Crippen LogP contribution is -2.12. The summed E-state index contributed by atoms with van der Waals surface area (Å²) in [5.41, 5.74) is 1.81. The van der Waals surface area contributed by atoms with Crippen LogP contribution < -0.4 is 4.74 Å². The Labute approximate surface area is 127 Å². The van der Waals surface area contributed by atoms with Crippen LogP contribution in [-0.4, -0.2) is 21.3 Å². The van der Waals surface area contributed by atoms with Gasteiger partial charge in [0.05, 0.1) is 17.6 Å². The van der Waals surface area contributed by atoms with Crippen molar-refractivity contribution in [1.29, 1.82) is 0 Å². The van der Waals surface area contributed by atoms with Gasteiger partial charge < -0.3 is 14.4 Å². The molecule has 1 heterocycles. The number of aromatic nitrogens is 2. The number of nitrogens with zero attached hydrogens (tertiary/aromatic N) is 2. The maximum atomic E-state index is 12.9. The van der Waals surface area contributed by atoms with Crippen molar-refractivity contribution in [2.24, 2.45) is 0 Å². The van der Waals surface area contributed by atoms with Gasteiger partial charge in [-0.15, -0.1) is 0 Å². The molecule has 0 saturated heterocycles. The standard InChI is InChI=1S/C17H17FN2O2/c1-12(21)17-19-15-4-2-3-5-16(15)20(17)10-11-22-14-8-6-13(18)7-9-14/h2-9,12,21H,10-11H2,1H3/t12-/m1/s1. The first-order valence-electron chi connectivity index (χ1n) is 7.17. The topological polar surface area (TPSA) is 47.3 Å². The Morgan fingerprint density at radius 3 is 2.64 bits per heavy atom. The van der Waals surface area contributed by atoms with Crippen LogP contribution in [0.3, 0.4) is 0 Å².